The number of carbonyl (C=O) groups excluding carboxylic acids is 7. The lowest BCUT2D eigenvalue weighted by Crippen LogP contribution is -2.58. The Morgan fingerprint density at radius 3 is 2.06 bits per heavy atom. The van der Waals surface area contributed by atoms with Gasteiger partial charge in [-0.3, -0.25) is 24.0 Å². The molecule has 656 valence electrons. The predicted octanol–water partition coefficient (Wildman–Crippen LogP) is 6.70. The first-order chi connectivity index (χ1) is 57.0. The first kappa shape index (κ1) is 95.6. The fourth-order valence-corrected chi connectivity index (χ4v) is 15.1. The van der Waals surface area contributed by atoms with Crippen molar-refractivity contribution in [3.63, 3.8) is 0 Å². The number of aliphatic hydroxyl groups excluding tert-OH is 2. The van der Waals surface area contributed by atoms with E-state index in [2.05, 4.69) is 31.7 Å². The highest BCUT2D eigenvalue weighted by molar-refractivity contribution is 6.39. The van der Waals surface area contributed by atoms with Crippen molar-refractivity contribution in [2.24, 2.45) is 29.4 Å². The van der Waals surface area contributed by atoms with E-state index in [-0.39, 0.29) is 81.7 Å². The van der Waals surface area contributed by atoms with E-state index in [0.717, 1.165) is 50.9 Å². The van der Waals surface area contributed by atoms with Crippen LogP contribution in [-0.2, 0) is 96.9 Å². The SMILES string of the molecule is CO[C@H]1C[C@@H]2CCC[C@@](O)(O2)C(=O)C(=O)N2CCCC[C@H]2C(=O)O[C@H]([C@H](N)C[C@@H]2CC[C@@H](OC(=O)NCCOCCOCCOCCOCCOCCOCCOCCOCCC(=O)NCCCCn3nc(-c4ccc5[nH]ccc5c4)c4c(N)ncnc43)[C@H](OC)C2)CC(=O)[C@H](C)/C=C(\C)[C@@H](O)[C@@H](O)C(=O)[C@H](C)C[C@H](C)/C=C/C=CC=C1C. The Labute approximate surface area is 691 Å². The number of hydrogen-bond donors (Lipinski definition) is 8. The van der Waals surface area contributed by atoms with Gasteiger partial charge in [0.15, 0.2) is 11.4 Å². The molecule has 10 N–H and O–H groups in total. The number of anilines is 1. The van der Waals surface area contributed by atoms with Gasteiger partial charge in [-0.25, -0.2) is 24.2 Å². The maximum Gasteiger partial charge on any atom is 0.407 e. The fraction of sp³-hybridized carbons (Fsp3) is 0.671. The molecule has 1 aliphatic carbocycles. The number of carbonyl (C=O) groups is 7. The lowest BCUT2D eigenvalue weighted by atomic mass is 9.80. The first-order valence-electron chi connectivity index (χ1n) is 41.8. The van der Waals surface area contributed by atoms with Crippen LogP contribution in [0.4, 0.5) is 10.6 Å². The number of benzene rings is 1. The minimum atomic E-state index is -2.47. The molecule has 4 aromatic rings. The number of amides is 3. The molecular formula is C85H128N10O23. The highest BCUT2D eigenvalue weighted by atomic mass is 16.6. The van der Waals surface area contributed by atoms with Gasteiger partial charge < -0.3 is 109 Å². The Hall–Kier alpha value is -7.84. The summed E-state index contributed by atoms with van der Waals surface area (Å²) in [5.41, 5.74) is 17.7. The van der Waals surface area contributed by atoms with E-state index in [4.69, 9.17) is 78.1 Å². The third kappa shape index (κ3) is 30.7. The van der Waals surface area contributed by atoms with Crippen LogP contribution >= 0.6 is 0 Å². The minimum absolute atomic E-state index is 0.00464. The number of hydrogen-bond acceptors (Lipinski definition) is 28. The van der Waals surface area contributed by atoms with Crippen molar-refractivity contribution < 1.29 is 110 Å². The minimum Gasteiger partial charge on any atom is -0.459 e. The van der Waals surface area contributed by atoms with E-state index in [1.165, 1.54) is 26.4 Å². The number of Topliss-reactive ketones (excluding diaryl/α,β-unsaturated/α-hetero) is 3. The highest BCUT2D eigenvalue weighted by Crippen LogP contribution is 2.37. The lowest BCUT2D eigenvalue weighted by molar-refractivity contribution is -0.245. The molecule has 3 fully saturated rings. The number of nitrogen functional groups attached to an aromatic ring is 1. The van der Waals surface area contributed by atoms with Crippen molar-refractivity contribution in [3.8, 4) is 11.3 Å². The van der Waals surface area contributed by atoms with Gasteiger partial charge in [0, 0.05) is 107 Å². The monoisotopic (exact) mass is 1660 g/mol. The van der Waals surface area contributed by atoms with Gasteiger partial charge in [0.2, 0.25) is 11.7 Å². The number of aliphatic hydroxyl groups is 3. The number of esters is 1. The number of nitrogens with two attached hydrogens (primary N) is 2. The van der Waals surface area contributed by atoms with Crippen LogP contribution in [0.2, 0.25) is 0 Å². The summed E-state index contributed by atoms with van der Waals surface area (Å²) in [5, 5.41) is 46.6. The molecule has 1 aromatic carbocycles. The van der Waals surface area contributed by atoms with Crippen molar-refractivity contribution in [1.82, 2.24) is 40.3 Å². The number of fused-ring (bicyclic) bond motifs is 5. The molecular weight excluding hydrogens is 1530 g/mol. The second kappa shape index (κ2) is 51.1. The zero-order chi connectivity index (χ0) is 84.8. The molecule has 0 unspecified atom stereocenters. The number of nitrogens with one attached hydrogen (secondary N) is 3. The number of ketones is 3. The Morgan fingerprint density at radius 2 is 1.39 bits per heavy atom. The number of rotatable bonds is 39. The number of aryl methyl sites for hydroxylation is 1. The zero-order valence-corrected chi connectivity index (χ0v) is 69.8. The van der Waals surface area contributed by atoms with E-state index in [1.54, 1.807) is 21.0 Å². The van der Waals surface area contributed by atoms with Gasteiger partial charge in [-0.2, -0.15) is 5.10 Å². The Morgan fingerprint density at radius 1 is 0.720 bits per heavy atom. The topological polar surface area (TPSA) is 439 Å². The molecule has 0 spiro atoms. The molecule has 6 heterocycles. The van der Waals surface area contributed by atoms with Gasteiger partial charge in [0.1, 0.15) is 54.1 Å². The number of nitrogens with zero attached hydrogens (tertiary/aromatic N) is 5. The predicted molar refractivity (Wildman–Crippen MR) is 437 cm³/mol. The smallest absolute Gasteiger partial charge is 0.407 e. The maximum atomic E-state index is 14.6. The van der Waals surface area contributed by atoms with Gasteiger partial charge >= 0.3 is 12.1 Å². The number of allylic oxidation sites excluding steroid dienone is 6. The van der Waals surface area contributed by atoms with Crippen molar-refractivity contribution in [3.05, 3.63) is 84.4 Å². The number of methoxy groups -OCH3 is 2. The average Bonchev–Trinajstić information content (AvgIpc) is 1.60. The summed E-state index contributed by atoms with van der Waals surface area (Å²) in [6.45, 7) is 15.7. The van der Waals surface area contributed by atoms with Gasteiger partial charge in [-0.15, -0.1) is 0 Å². The summed E-state index contributed by atoms with van der Waals surface area (Å²) in [6, 6.07) is 5.87. The highest BCUT2D eigenvalue weighted by Gasteiger charge is 2.50. The standard InChI is InChI=1S/C85H128N10O23/c1-56-16-9-8-10-17-57(2)70(106-6)53-64-18-15-26-85(105,118-64)79(101)82(102)94-30-13-11-19-67(94)83(103)116-71(54-68(96)58(3)49-60(5)77(99)78(100)76(98)59(4)48-56)65(86)50-61-20-23-69(72(51-61)107-7)117-84(104)90-29-33-109-35-37-111-39-41-113-43-45-115-47-46-114-44-42-112-40-38-110-36-34-108-32-25-73(97)89-27-12-14-31-95-81-74(80(87)91-55-92-81)75(93-95)63-21-22-66-62(52-63)24-28-88-66/h8-10,16-17,21-22,24,28,49,52,55-56,58-59,61,64-65,67,69-72,77-78,88,99-100,105H,11-15,18-20,23,25-27,29-48,50-51,53-54,86H2,1-7H3,(H,89,97)(H,90,104)(H2,87,91,92)/b10-8?,16-9+,57-17?,60-49+/t56-,58-,59-,61+,64+,65-,67+,69-,70+,71+,72-,77-,78+,85-/m1/s1. The molecule has 0 radical (unpaired) electrons. The number of unbranched alkanes of at least 4 members (excludes halogenated alkanes) is 1. The third-order valence-corrected chi connectivity index (χ3v) is 21.8. The molecule has 2 bridgehead atoms. The van der Waals surface area contributed by atoms with Gasteiger partial charge in [-0.05, 0) is 132 Å². The molecule has 33 nitrogen and oxygen atoms in total. The molecule has 1 saturated carbocycles. The number of aromatic nitrogens is 5. The van der Waals surface area contributed by atoms with E-state index in [0.29, 0.717) is 168 Å². The summed E-state index contributed by atoms with van der Waals surface area (Å²) in [7, 11) is 3.06. The van der Waals surface area contributed by atoms with Crippen molar-refractivity contribution >= 4 is 69.0 Å². The number of cyclic esters (lactones) is 1. The van der Waals surface area contributed by atoms with Crippen LogP contribution in [0.1, 0.15) is 137 Å². The van der Waals surface area contributed by atoms with Crippen LogP contribution in [-0.4, -0.2) is 286 Å². The second-order valence-corrected chi connectivity index (χ2v) is 30.9. The third-order valence-electron chi connectivity index (χ3n) is 21.8. The van der Waals surface area contributed by atoms with Crippen LogP contribution < -0.4 is 22.1 Å². The molecule has 3 amide bonds. The largest absolute Gasteiger partial charge is 0.459 e. The quantitative estimate of drug-likeness (QED) is 0.00997. The molecule has 118 heavy (non-hydrogen) atoms. The van der Waals surface area contributed by atoms with Gasteiger partial charge in [0.25, 0.3) is 11.7 Å². The normalized spacial score (nSPS) is 26.2. The van der Waals surface area contributed by atoms with E-state index < -0.39 is 114 Å². The Kier molecular flexibility index (Phi) is 41.4. The lowest BCUT2D eigenvalue weighted by Gasteiger charge is -2.40. The van der Waals surface area contributed by atoms with E-state index in [9.17, 15) is 48.9 Å². The van der Waals surface area contributed by atoms with Crippen LogP contribution in [0.5, 0.6) is 0 Å². The van der Waals surface area contributed by atoms with Gasteiger partial charge in [0.05, 0.1) is 129 Å². The second-order valence-electron chi connectivity index (χ2n) is 30.9. The summed E-state index contributed by atoms with van der Waals surface area (Å²) < 4.78 is 76.3. The zero-order valence-electron chi connectivity index (χ0n) is 69.8. The molecule has 14 atom stereocenters. The summed E-state index contributed by atoms with van der Waals surface area (Å²) >= 11 is 0. The summed E-state index contributed by atoms with van der Waals surface area (Å²) in [5.74, 6) is -8.15. The number of piperidine rings is 1. The van der Waals surface area contributed by atoms with Crippen LogP contribution in [0, 0.1) is 23.7 Å². The molecule has 3 aromatic heterocycles. The summed E-state index contributed by atoms with van der Waals surface area (Å²) in [4.78, 5) is 109. The summed E-state index contributed by atoms with van der Waals surface area (Å²) in [6.07, 6.45) is 11.9. The molecule has 4 aliphatic rings. The van der Waals surface area contributed by atoms with Crippen LogP contribution in [0.15, 0.2) is 84.4 Å². The molecule has 3 aliphatic heterocycles. The van der Waals surface area contributed by atoms with Crippen molar-refractivity contribution in [1.29, 1.82) is 0 Å². The number of ether oxygens (including phenoxy) is 13. The average molecular weight is 1660 g/mol. The van der Waals surface area contributed by atoms with E-state index >= 15 is 0 Å². The number of aromatic amines is 1. The van der Waals surface area contributed by atoms with E-state index in [1.807, 2.05) is 73.3 Å². The Bertz CT molecular complexity index is 3910. The van der Waals surface area contributed by atoms with Gasteiger partial charge in [-0.1, -0.05) is 63.3 Å². The van der Waals surface area contributed by atoms with Crippen molar-refractivity contribution in [2.75, 3.05) is 145 Å². The number of H-pyrrole nitrogens is 1. The first-order valence-corrected chi connectivity index (χ1v) is 41.8. The Balaban J connectivity index is 0.644. The molecule has 33 heteroatoms. The fourth-order valence-electron chi connectivity index (χ4n) is 15.1. The van der Waals surface area contributed by atoms with Crippen LogP contribution in [0.25, 0.3) is 33.2 Å². The van der Waals surface area contributed by atoms with Crippen molar-refractivity contribution in [2.45, 2.75) is 204 Å². The molecule has 2 saturated heterocycles. The molecule has 8 rings (SSSR count). The maximum absolute atomic E-state index is 14.6. The van der Waals surface area contributed by atoms with Crippen LogP contribution in [0.3, 0.4) is 0 Å². The number of alkyl carbamates (subject to hydrolysis) is 1.